The summed E-state index contributed by atoms with van der Waals surface area (Å²) in [5, 5.41) is 6.34. The third kappa shape index (κ3) is 4.65. The Kier molecular flexibility index (Phi) is 5.09. The standard InChI is InChI=1S/C12H24N2O/c1-9(2)8-13-12(15)10(3)14-11-6-4-5-7-11/h9-11,14H,4-8H2,1-3H3,(H,13,15). The summed E-state index contributed by atoms with van der Waals surface area (Å²) in [7, 11) is 0. The highest BCUT2D eigenvalue weighted by Gasteiger charge is 2.20. The first-order valence-corrected chi connectivity index (χ1v) is 6.13. The minimum Gasteiger partial charge on any atom is -0.354 e. The normalized spacial score (nSPS) is 19.5. The fourth-order valence-corrected chi connectivity index (χ4v) is 1.98. The fourth-order valence-electron chi connectivity index (χ4n) is 1.98. The second-order valence-electron chi connectivity index (χ2n) is 5.01. The van der Waals surface area contributed by atoms with Crippen LogP contribution in [0, 0.1) is 5.92 Å². The van der Waals surface area contributed by atoms with E-state index in [1.54, 1.807) is 0 Å². The molecule has 1 aliphatic rings. The van der Waals surface area contributed by atoms with E-state index >= 15 is 0 Å². The monoisotopic (exact) mass is 212 g/mol. The van der Waals surface area contributed by atoms with Gasteiger partial charge in [-0.25, -0.2) is 0 Å². The van der Waals surface area contributed by atoms with E-state index in [1.807, 2.05) is 6.92 Å². The SMILES string of the molecule is CC(C)CNC(=O)C(C)NC1CCCC1. The molecule has 1 aliphatic carbocycles. The molecule has 1 unspecified atom stereocenters. The van der Waals surface area contributed by atoms with Gasteiger partial charge in [0.25, 0.3) is 0 Å². The molecule has 0 aromatic carbocycles. The summed E-state index contributed by atoms with van der Waals surface area (Å²) < 4.78 is 0. The summed E-state index contributed by atoms with van der Waals surface area (Å²) in [6, 6.07) is 0.511. The Labute approximate surface area is 93.0 Å². The summed E-state index contributed by atoms with van der Waals surface area (Å²) >= 11 is 0. The molecule has 15 heavy (non-hydrogen) atoms. The second-order valence-corrected chi connectivity index (χ2v) is 5.01. The van der Waals surface area contributed by atoms with Gasteiger partial charge in [0.1, 0.15) is 0 Å². The Morgan fingerprint density at radius 1 is 1.27 bits per heavy atom. The van der Waals surface area contributed by atoms with Crippen molar-refractivity contribution in [1.82, 2.24) is 10.6 Å². The van der Waals surface area contributed by atoms with Crippen molar-refractivity contribution in [1.29, 1.82) is 0 Å². The van der Waals surface area contributed by atoms with Gasteiger partial charge in [-0.05, 0) is 25.7 Å². The molecule has 0 radical (unpaired) electrons. The lowest BCUT2D eigenvalue weighted by molar-refractivity contribution is -0.123. The topological polar surface area (TPSA) is 41.1 Å². The molecule has 1 atom stereocenters. The van der Waals surface area contributed by atoms with Crippen LogP contribution in [0.2, 0.25) is 0 Å². The lowest BCUT2D eigenvalue weighted by atomic mass is 10.2. The first-order valence-electron chi connectivity index (χ1n) is 6.13. The van der Waals surface area contributed by atoms with Gasteiger partial charge in [-0.15, -0.1) is 0 Å². The zero-order valence-corrected chi connectivity index (χ0v) is 10.2. The van der Waals surface area contributed by atoms with E-state index in [0.29, 0.717) is 12.0 Å². The van der Waals surface area contributed by atoms with Crippen molar-refractivity contribution >= 4 is 5.91 Å². The number of amides is 1. The summed E-state index contributed by atoms with van der Waals surface area (Å²) in [6.45, 7) is 6.94. The molecule has 0 aromatic rings. The average molecular weight is 212 g/mol. The van der Waals surface area contributed by atoms with Crippen molar-refractivity contribution < 1.29 is 4.79 Å². The molecular formula is C12H24N2O. The van der Waals surface area contributed by atoms with Crippen LogP contribution in [0.5, 0.6) is 0 Å². The molecule has 3 nitrogen and oxygen atoms in total. The van der Waals surface area contributed by atoms with Gasteiger partial charge in [-0.2, -0.15) is 0 Å². The lowest BCUT2D eigenvalue weighted by Gasteiger charge is -2.19. The largest absolute Gasteiger partial charge is 0.354 e. The van der Waals surface area contributed by atoms with E-state index in [4.69, 9.17) is 0 Å². The molecule has 0 spiro atoms. The summed E-state index contributed by atoms with van der Waals surface area (Å²) in [5.41, 5.74) is 0. The highest BCUT2D eigenvalue weighted by Crippen LogP contribution is 2.17. The van der Waals surface area contributed by atoms with Crippen molar-refractivity contribution in [3.8, 4) is 0 Å². The van der Waals surface area contributed by atoms with Crippen LogP contribution in [0.1, 0.15) is 46.5 Å². The van der Waals surface area contributed by atoms with Gasteiger partial charge in [0, 0.05) is 12.6 Å². The Morgan fingerprint density at radius 2 is 1.87 bits per heavy atom. The molecule has 3 heteroatoms. The van der Waals surface area contributed by atoms with Crippen LogP contribution in [0.25, 0.3) is 0 Å². The van der Waals surface area contributed by atoms with Crippen molar-refractivity contribution in [2.45, 2.75) is 58.5 Å². The minimum atomic E-state index is -0.0492. The van der Waals surface area contributed by atoms with Gasteiger partial charge in [0.2, 0.25) is 5.91 Å². The van der Waals surface area contributed by atoms with Gasteiger partial charge in [-0.3, -0.25) is 4.79 Å². The number of nitrogens with one attached hydrogen (secondary N) is 2. The van der Waals surface area contributed by atoms with Gasteiger partial charge in [0.05, 0.1) is 6.04 Å². The number of carbonyl (C=O) groups is 1. The van der Waals surface area contributed by atoms with Gasteiger partial charge in [0.15, 0.2) is 0 Å². The molecule has 1 amide bonds. The highest BCUT2D eigenvalue weighted by atomic mass is 16.2. The Bertz CT molecular complexity index is 198. The third-order valence-electron chi connectivity index (χ3n) is 2.92. The molecule has 1 saturated carbocycles. The lowest BCUT2D eigenvalue weighted by Crippen LogP contribution is -2.46. The Balaban J connectivity index is 2.19. The summed E-state index contributed by atoms with van der Waals surface area (Å²) in [6.07, 6.45) is 5.06. The molecule has 0 aromatic heterocycles. The minimum absolute atomic E-state index is 0.0492. The Morgan fingerprint density at radius 3 is 2.40 bits per heavy atom. The quantitative estimate of drug-likeness (QED) is 0.728. The number of rotatable bonds is 5. The predicted molar refractivity (Wildman–Crippen MR) is 62.7 cm³/mol. The van der Waals surface area contributed by atoms with Crippen LogP contribution in [0.15, 0.2) is 0 Å². The maximum absolute atomic E-state index is 11.7. The summed E-state index contributed by atoms with van der Waals surface area (Å²) in [5.74, 6) is 0.656. The van der Waals surface area contributed by atoms with E-state index in [-0.39, 0.29) is 11.9 Å². The first-order chi connectivity index (χ1) is 7.09. The smallest absolute Gasteiger partial charge is 0.236 e. The molecule has 0 aliphatic heterocycles. The van der Waals surface area contributed by atoms with Gasteiger partial charge >= 0.3 is 0 Å². The maximum atomic E-state index is 11.7. The van der Waals surface area contributed by atoms with Crippen LogP contribution in [-0.2, 0) is 4.79 Å². The summed E-state index contributed by atoms with van der Waals surface area (Å²) in [4.78, 5) is 11.7. The van der Waals surface area contributed by atoms with Crippen LogP contribution >= 0.6 is 0 Å². The van der Waals surface area contributed by atoms with E-state index in [9.17, 15) is 4.79 Å². The first kappa shape index (κ1) is 12.5. The van der Waals surface area contributed by atoms with Crippen molar-refractivity contribution in [2.75, 3.05) is 6.54 Å². The zero-order valence-electron chi connectivity index (χ0n) is 10.2. The fraction of sp³-hybridized carbons (Fsp3) is 0.917. The molecule has 1 rings (SSSR count). The number of hydrogen-bond acceptors (Lipinski definition) is 2. The maximum Gasteiger partial charge on any atom is 0.236 e. The van der Waals surface area contributed by atoms with Crippen LogP contribution in [0.3, 0.4) is 0 Å². The van der Waals surface area contributed by atoms with Crippen LogP contribution in [0.4, 0.5) is 0 Å². The molecule has 0 heterocycles. The molecule has 1 fully saturated rings. The van der Waals surface area contributed by atoms with Crippen molar-refractivity contribution in [3.05, 3.63) is 0 Å². The van der Waals surface area contributed by atoms with Gasteiger partial charge in [-0.1, -0.05) is 26.7 Å². The third-order valence-corrected chi connectivity index (χ3v) is 2.92. The Hall–Kier alpha value is -0.570. The van der Waals surface area contributed by atoms with E-state index in [1.165, 1.54) is 25.7 Å². The van der Waals surface area contributed by atoms with E-state index < -0.39 is 0 Å². The molecule has 0 bridgehead atoms. The van der Waals surface area contributed by atoms with E-state index in [0.717, 1.165) is 6.54 Å². The number of hydrogen-bond donors (Lipinski definition) is 2. The number of carbonyl (C=O) groups excluding carboxylic acids is 1. The van der Waals surface area contributed by atoms with Crippen molar-refractivity contribution in [3.63, 3.8) is 0 Å². The van der Waals surface area contributed by atoms with Crippen LogP contribution in [-0.4, -0.2) is 24.5 Å². The van der Waals surface area contributed by atoms with Crippen LogP contribution < -0.4 is 10.6 Å². The van der Waals surface area contributed by atoms with Gasteiger partial charge < -0.3 is 10.6 Å². The van der Waals surface area contributed by atoms with E-state index in [2.05, 4.69) is 24.5 Å². The predicted octanol–water partition coefficient (Wildman–Crippen LogP) is 1.68. The molecule has 2 N–H and O–H groups in total. The molecular weight excluding hydrogens is 188 g/mol. The molecule has 88 valence electrons. The zero-order chi connectivity index (χ0) is 11.3. The highest BCUT2D eigenvalue weighted by molar-refractivity contribution is 5.81. The second kappa shape index (κ2) is 6.11. The molecule has 0 saturated heterocycles. The van der Waals surface area contributed by atoms with Crippen molar-refractivity contribution in [2.24, 2.45) is 5.92 Å². The average Bonchev–Trinajstić information content (AvgIpc) is 2.66.